The maximum Gasteiger partial charge on any atom is 0.151 e. The fourth-order valence-corrected chi connectivity index (χ4v) is 4.47. The SMILES string of the molecule is [2H]C([2H])([2H])N(c1ccc(-c2ccc(-c3cn[nH]c3)c3ncsc23)nn1)C1CCNCC1. The summed E-state index contributed by atoms with van der Waals surface area (Å²) >= 11 is 1.54. The van der Waals surface area contributed by atoms with E-state index in [1.54, 1.807) is 23.6 Å². The van der Waals surface area contributed by atoms with E-state index in [0.29, 0.717) is 11.5 Å². The number of H-pyrrole nitrogens is 1. The molecule has 4 aromatic rings. The van der Waals surface area contributed by atoms with Crippen LogP contribution in [0.15, 0.2) is 42.2 Å². The highest BCUT2D eigenvalue weighted by Crippen LogP contribution is 2.36. The van der Waals surface area contributed by atoms with E-state index in [4.69, 9.17) is 4.11 Å². The second-order valence-electron chi connectivity index (χ2n) is 6.81. The standard InChI is InChI=1S/C20H21N7S/c1-27(14-6-8-21-9-7-14)18-5-4-17(25-26-18)16-3-2-15(13-10-23-24-11-13)19-20(16)28-12-22-19/h2-5,10-12,14,21H,6-9H2,1H3,(H,23,24)/i1D3. The van der Waals surface area contributed by atoms with Crippen molar-refractivity contribution < 1.29 is 4.11 Å². The summed E-state index contributed by atoms with van der Waals surface area (Å²) in [5.74, 6) is 0.381. The highest BCUT2D eigenvalue weighted by Gasteiger charge is 2.20. The zero-order valence-electron chi connectivity index (χ0n) is 18.1. The maximum absolute atomic E-state index is 8.02. The number of benzene rings is 1. The molecule has 28 heavy (non-hydrogen) atoms. The lowest BCUT2D eigenvalue weighted by molar-refractivity contribution is 0.441. The molecule has 2 N–H and O–H groups in total. The van der Waals surface area contributed by atoms with Crippen LogP contribution >= 0.6 is 11.3 Å². The van der Waals surface area contributed by atoms with Crippen molar-refractivity contribution in [2.24, 2.45) is 0 Å². The molecule has 0 spiro atoms. The summed E-state index contributed by atoms with van der Waals surface area (Å²) in [7, 11) is 0. The minimum atomic E-state index is -2.27. The zero-order chi connectivity index (χ0) is 21.4. The predicted molar refractivity (Wildman–Crippen MR) is 113 cm³/mol. The highest BCUT2D eigenvalue weighted by atomic mass is 32.1. The molecule has 1 aliphatic heterocycles. The predicted octanol–water partition coefficient (Wildman–Crippen LogP) is 3.33. The first kappa shape index (κ1) is 14.2. The van der Waals surface area contributed by atoms with Crippen molar-refractivity contribution in [3.05, 3.63) is 42.2 Å². The van der Waals surface area contributed by atoms with Gasteiger partial charge in [-0.2, -0.15) is 5.10 Å². The van der Waals surface area contributed by atoms with Crippen molar-refractivity contribution in [3.63, 3.8) is 0 Å². The smallest absolute Gasteiger partial charge is 0.151 e. The van der Waals surface area contributed by atoms with Gasteiger partial charge in [0.1, 0.15) is 0 Å². The first-order chi connectivity index (χ1) is 15.0. The Balaban J connectivity index is 1.51. The molecule has 1 aromatic carbocycles. The van der Waals surface area contributed by atoms with E-state index in [1.165, 1.54) is 4.90 Å². The van der Waals surface area contributed by atoms with E-state index in [1.807, 2.05) is 29.9 Å². The monoisotopic (exact) mass is 394 g/mol. The van der Waals surface area contributed by atoms with Crippen molar-refractivity contribution in [1.82, 2.24) is 30.7 Å². The third-order valence-electron chi connectivity index (χ3n) is 5.14. The molecular weight excluding hydrogens is 370 g/mol. The molecule has 1 fully saturated rings. The molecule has 142 valence electrons. The van der Waals surface area contributed by atoms with Gasteiger partial charge in [-0.3, -0.25) is 5.10 Å². The Hall–Kier alpha value is -2.84. The molecule has 0 saturated carbocycles. The lowest BCUT2D eigenvalue weighted by Gasteiger charge is -2.32. The first-order valence-corrected chi connectivity index (χ1v) is 10.1. The molecule has 0 radical (unpaired) electrons. The zero-order valence-corrected chi connectivity index (χ0v) is 15.9. The summed E-state index contributed by atoms with van der Waals surface area (Å²) in [6.07, 6.45) is 5.14. The minimum absolute atomic E-state index is 0.0867. The molecule has 8 heteroatoms. The molecule has 0 atom stereocenters. The van der Waals surface area contributed by atoms with Gasteiger partial charge in [-0.1, -0.05) is 12.1 Å². The van der Waals surface area contributed by atoms with Gasteiger partial charge in [-0.25, -0.2) is 4.98 Å². The second kappa shape index (κ2) is 7.29. The van der Waals surface area contributed by atoms with E-state index in [0.717, 1.165) is 52.8 Å². The molecule has 0 amide bonds. The molecule has 0 bridgehead atoms. The number of piperidine rings is 1. The van der Waals surface area contributed by atoms with E-state index in [2.05, 4.69) is 30.7 Å². The van der Waals surface area contributed by atoms with Crippen LogP contribution in [0.1, 0.15) is 17.0 Å². The molecule has 0 unspecified atom stereocenters. The van der Waals surface area contributed by atoms with Crippen LogP contribution in [0.4, 0.5) is 5.82 Å². The molecule has 4 heterocycles. The summed E-state index contributed by atoms with van der Waals surface area (Å²) in [5, 5.41) is 18.9. The van der Waals surface area contributed by atoms with Crippen molar-refractivity contribution in [3.8, 4) is 22.4 Å². The third-order valence-corrected chi connectivity index (χ3v) is 6.00. The fourth-order valence-electron chi connectivity index (χ4n) is 3.63. The third kappa shape index (κ3) is 3.04. The van der Waals surface area contributed by atoms with Gasteiger partial charge in [0, 0.05) is 40.0 Å². The molecule has 1 saturated heterocycles. The summed E-state index contributed by atoms with van der Waals surface area (Å²) in [5.41, 5.74) is 6.27. The Kier molecular flexibility index (Phi) is 3.70. The summed E-state index contributed by atoms with van der Waals surface area (Å²) < 4.78 is 25.1. The van der Waals surface area contributed by atoms with Crippen LogP contribution in [0.5, 0.6) is 0 Å². The minimum Gasteiger partial charge on any atom is -0.355 e. The molecule has 7 nitrogen and oxygen atoms in total. The number of hydrogen-bond donors (Lipinski definition) is 2. The number of nitrogens with one attached hydrogen (secondary N) is 2. The number of rotatable bonds is 4. The molecule has 5 rings (SSSR count). The van der Waals surface area contributed by atoms with Crippen LogP contribution in [0.25, 0.3) is 32.6 Å². The number of aromatic amines is 1. The van der Waals surface area contributed by atoms with Gasteiger partial charge in [-0.05, 0) is 38.1 Å². The van der Waals surface area contributed by atoms with E-state index in [9.17, 15) is 0 Å². The van der Waals surface area contributed by atoms with Gasteiger partial charge in [0.05, 0.1) is 27.6 Å². The number of nitrogens with zero attached hydrogens (tertiary/aromatic N) is 5. The molecule has 3 aromatic heterocycles. The Bertz CT molecular complexity index is 1170. The topological polar surface area (TPSA) is 82.6 Å². The van der Waals surface area contributed by atoms with Crippen LogP contribution in [0, 0.1) is 0 Å². The Labute approximate surface area is 171 Å². The average Bonchev–Trinajstić information content (AvgIpc) is 3.46. The van der Waals surface area contributed by atoms with Gasteiger partial charge in [0.15, 0.2) is 5.82 Å². The van der Waals surface area contributed by atoms with E-state index in [-0.39, 0.29) is 6.04 Å². The van der Waals surface area contributed by atoms with E-state index >= 15 is 0 Å². The van der Waals surface area contributed by atoms with Crippen molar-refractivity contribution in [2.45, 2.75) is 18.9 Å². The fraction of sp³-hybridized carbons (Fsp3) is 0.300. The van der Waals surface area contributed by atoms with Crippen molar-refractivity contribution in [2.75, 3.05) is 25.0 Å². The summed E-state index contributed by atoms with van der Waals surface area (Å²) in [6.45, 7) is -0.667. The van der Waals surface area contributed by atoms with Crippen LogP contribution in [-0.2, 0) is 0 Å². The van der Waals surface area contributed by atoms with E-state index < -0.39 is 6.98 Å². The highest BCUT2D eigenvalue weighted by molar-refractivity contribution is 7.17. The Morgan fingerprint density at radius 2 is 2.04 bits per heavy atom. The van der Waals surface area contributed by atoms with Crippen LogP contribution < -0.4 is 10.2 Å². The van der Waals surface area contributed by atoms with Crippen LogP contribution in [0.2, 0.25) is 0 Å². The van der Waals surface area contributed by atoms with Gasteiger partial charge in [-0.15, -0.1) is 21.5 Å². The molecule has 1 aliphatic rings. The van der Waals surface area contributed by atoms with Gasteiger partial charge >= 0.3 is 0 Å². The largest absolute Gasteiger partial charge is 0.355 e. The number of hydrogen-bond acceptors (Lipinski definition) is 7. The lowest BCUT2D eigenvalue weighted by Crippen LogP contribution is -2.41. The van der Waals surface area contributed by atoms with Gasteiger partial charge < -0.3 is 10.2 Å². The quantitative estimate of drug-likeness (QED) is 0.552. The molecular formula is C20H21N7S. The number of thiazole rings is 1. The Morgan fingerprint density at radius 1 is 1.14 bits per heavy atom. The van der Waals surface area contributed by atoms with Gasteiger partial charge in [0.2, 0.25) is 0 Å². The molecule has 0 aliphatic carbocycles. The summed E-state index contributed by atoms with van der Waals surface area (Å²) in [6, 6.07) is 7.51. The van der Waals surface area contributed by atoms with Crippen molar-refractivity contribution in [1.29, 1.82) is 0 Å². The normalized spacial score (nSPS) is 17.2. The Morgan fingerprint density at radius 3 is 2.79 bits per heavy atom. The van der Waals surface area contributed by atoms with Gasteiger partial charge in [0.25, 0.3) is 0 Å². The average molecular weight is 395 g/mol. The van der Waals surface area contributed by atoms with Crippen molar-refractivity contribution >= 4 is 27.4 Å². The lowest BCUT2D eigenvalue weighted by atomic mass is 10.0. The number of aromatic nitrogens is 5. The second-order valence-corrected chi connectivity index (χ2v) is 7.66. The number of anilines is 1. The van der Waals surface area contributed by atoms with Crippen LogP contribution in [-0.4, -0.2) is 51.5 Å². The van der Waals surface area contributed by atoms with Crippen LogP contribution in [0.3, 0.4) is 0 Å². The summed E-state index contributed by atoms with van der Waals surface area (Å²) in [4.78, 5) is 5.98. The maximum atomic E-state index is 8.02. The number of fused-ring (bicyclic) bond motifs is 1. The first-order valence-electron chi connectivity index (χ1n) is 10.7.